The zero-order valence-corrected chi connectivity index (χ0v) is 12.2. The predicted molar refractivity (Wildman–Crippen MR) is 80.3 cm³/mol. The minimum Gasteiger partial charge on any atom is -0.390 e. The van der Waals surface area contributed by atoms with Crippen LogP contribution in [0.4, 0.5) is 0 Å². The Morgan fingerprint density at radius 1 is 1.35 bits per heavy atom. The van der Waals surface area contributed by atoms with Crippen LogP contribution in [-0.2, 0) is 11.2 Å². The van der Waals surface area contributed by atoms with Gasteiger partial charge in [-0.3, -0.25) is 4.79 Å². The quantitative estimate of drug-likeness (QED) is 0.541. The van der Waals surface area contributed by atoms with Gasteiger partial charge in [0.05, 0.1) is 18.2 Å². The van der Waals surface area contributed by atoms with Crippen molar-refractivity contribution in [3.05, 3.63) is 35.9 Å². The lowest BCUT2D eigenvalue weighted by atomic mass is 10.0. The standard InChI is InChI=1S/C15H25N3O2/c1-3-12(16)15(20)18-13(14(19)10-17-2)9-11-7-5-4-6-8-11/h4-8,12-14,17,19H,3,9-10,16H2,1-2H3,(H,18,20). The van der Waals surface area contributed by atoms with Crippen molar-refractivity contribution in [3.63, 3.8) is 0 Å². The zero-order chi connectivity index (χ0) is 15.0. The van der Waals surface area contributed by atoms with Gasteiger partial charge >= 0.3 is 0 Å². The van der Waals surface area contributed by atoms with Crippen molar-refractivity contribution >= 4 is 5.91 Å². The smallest absolute Gasteiger partial charge is 0.237 e. The third-order valence-corrected chi connectivity index (χ3v) is 3.28. The predicted octanol–water partition coefficient (Wildman–Crippen LogP) is 0.0315. The van der Waals surface area contributed by atoms with E-state index in [4.69, 9.17) is 5.73 Å². The highest BCUT2D eigenvalue weighted by Crippen LogP contribution is 2.07. The fourth-order valence-electron chi connectivity index (χ4n) is 1.98. The van der Waals surface area contributed by atoms with Crippen LogP contribution < -0.4 is 16.4 Å². The molecule has 3 unspecified atom stereocenters. The van der Waals surface area contributed by atoms with Crippen molar-refractivity contribution in [2.24, 2.45) is 5.73 Å². The van der Waals surface area contributed by atoms with Gasteiger partial charge in [-0.2, -0.15) is 0 Å². The summed E-state index contributed by atoms with van der Waals surface area (Å²) in [5, 5.41) is 15.9. The van der Waals surface area contributed by atoms with Crippen molar-refractivity contribution in [1.29, 1.82) is 0 Å². The highest BCUT2D eigenvalue weighted by atomic mass is 16.3. The van der Waals surface area contributed by atoms with Crippen LogP contribution in [0.1, 0.15) is 18.9 Å². The average Bonchev–Trinajstić information content (AvgIpc) is 2.46. The molecule has 5 N–H and O–H groups in total. The van der Waals surface area contributed by atoms with Crippen molar-refractivity contribution in [3.8, 4) is 0 Å². The Kier molecular flexibility index (Phi) is 7.22. The second-order valence-corrected chi connectivity index (χ2v) is 4.94. The fourth-order valence-corrected chi connectivity index (χ4v) is 1.98. The molecule has 3 atom stereocenters. The van der Waals surface area contributed by atoms with Crippen LogP contribution in [0.15, 0.2) is 30.3 Å². The van der Waals surface area contributed by atoms with Crippen molar-refractivity contribution in [2.75, 3.05) is 13.6 Å². The Balaban J connectivity index is 2.72. The van der Waals surface area contributed by atoms with Crippen LogP contribution in [-0.4, -0.2) is 42.8 Å². The maximum Gasteiger partial charge on any atom is 0.237 e. The van der Waals surface area contributed by atoms with Crippen molar-refractivity contribution < 1.29 is 9.90 Å². The molecule has 0 aliphatic carbocycles. The molecule has 0 bridgehead atoms. The summed E-state index contributed by atoms with van der Waals surface area (Å²) in [5.74, 6) is -0.219. The van der Waals surface area contributed by atoms with Gasteiger partial charge in [-0.05, 0) is 25.5 Å². The molecule has 1 rings (SSSR count). The Bertz CT molecular complexity index is 397. The first kappa shape index (κ1) is 16.6. The van der Waals surface area contributed by atoms with E-state index in [1.165, 1.54) is 0 Å². The normalized spacial score (nSPS) is 15.4. The van der Waals surface area contributed by atoms with Gasteiger partial charge in [0.25, 0.3) is 0 Å². The summed E-state index contributed by atoms with van der Waals surface area (Å²) >= 11 is 0. The van der Waals surface area contributed by atoms with Crippen LogP contribution in [0.3, 0.4) is 0 Å². The molecule has 20 heavy (non-hydrogen) atoms. The first-order valence-electron chi connectivity index (χ1n) is 7.01. The van der Waals surface area contributed by atoms with E-state index in [9.17, 15) is 9.90 Å². The van der Waals surface area contributed by atoms with E-state index in [2.05, 4.69) is 10.6 Å². The molecule has 1 aromatic carbocycles. The number of nitrogens with one attached hydrogen (secondary N) is 2. The number of hydrogen-bond donors (Lipinski definition) is 4. The first-order valence-corrected chi connectivity index (χ1v) is 7.01. The lowest BCUT2D eigenvalue weighted by Gasteiger charge is -2.25. The molecule has 0 aromatic heterocycles. The number of hydrogen-bond acceptors (Lipinski definition) is 4. The maximum absolute atomic E-state index is 11.9. The molecule has 5 nitrogen and oxygen atoms in total. The van der Waals surface area contributed by atoms with E-state index in [1.54, 1.807) is 7.05 Å². The largest absolute Gasteiger partial charge is 0.390 e. The summed E-state index contributed by atoms with van der Waals surface area (Å²) in [6.45, 7) is 2.28. The number of aliphatic hydroxyl groups is 1. The van der Waals surface area contributed by atoms with Crippen molar-refractivity contribution in [1.82, 2.24) is 10.6 Å². The molecule has 0 aliphatic rings. The summed E-state index contributed by atoms with van der Waals surface area (Å²) in [6.07, 6.45) is 0.492. The number of carbonyl (C=O) groups excluding carboxylic acids is 1. The monoisotopic (exact) mass is 279 g/mol. The molecular weight excluding hydrogens is 254 g/mol. The molecular formula is C15H25N3O2. The van der Waals surface area contributed by atoms with Crippen LogP contribution in [0.25, 0.3) is 0 Å². The summed E-state index contributed by atoms with van der Waals surface area (Å²) < 4.78 is 0. The van der Waals surface area contributed by atoms with Gasteiger partial charge in [0, 0.05) is 6.54 Å². The van der Waals surface area contributed by atoms with E-state index >= 15 is 0 Å². The Labute approximate surface area is 120 Å². The Hall–Kier alpha value is -1.43. The number of benzene rings is 1. The number of nitrogens with two attached hydrogens (primary N) is 1. The summed E-state index contributed by atoms with van der Waals surface area (Å²) in [5.41, 5.74) is 6.79. The molecule has 1 amide bonds. The number of aliphatic hydroxyl groups excluding tert-OH is 1. The Morgan fingerprint density at radius 3 is 2.55 bits per heavy atom. The number of carbonyl (C=O) groups is 1. The maximum atomic E-state index is 11.9. The van der Waals surface area contributed by atoms with Crippen LogP contribution >= 0.6 is 0 Å². The molecule has 0 saturated heterocycles. The molecule has 0 radical (unpaired) electrons. The third kappa shape index (κ3) is 5.28. The fraction of sp³-hybridized carbons (Fsp3) is 0.533. The number of likely N-dealkylation sites (N-methyl/N-ethyl adjacent to an activating group) is 1. The third-order valence-electron chi connectivity index (χ3n) is 3.28. The topological polar surface area (TPSA) is 87.4 Å². The second kappa shape index (κ2) is 8.68. The average molecular weight is 279 g/mol. The van der Waals surface area contributed by atoms with Gasteiger partial charge in [0.15, 0.2) is 0 Å². The summed E-state index contributed by atoms with van der Waals surface area (Å²) in [6, 6.07) is 8.89. The van der Waals surface area contributed by atoms with Gasteiger partial charge in [0.2, 0.25) is 5.91 Å². The van der Waals surface area contributed by atoms with Crippen LogP contribution in [0.5, 0.6) is 0 Å². The van der Waals surface area contributed by atoms with Gasteiger partial charge < -0.3 is 21.5 Å². The number of amides is 1. The van der Waals surface area contributed by atoms with Gasteiger partial charge in [-0.1, -0.05) is 37.3 Å². The zero-order valence-electron chi connectivity index (χ0n) is 12.2. The molecule has 1 aromatic rings. The van der Waals surface area contributed by atoms with Crippen LogP contribution in [0, 0.1) is 0 Å². The molecule has 0 fully saturated rings. The van der Waals surface area contributed by atoms with E-state index in [0.29, 0.717) is 19.4 Å². The molecule has 0 heterocycles. The van der Waals surface area contributed by atoms with Crippen LogP contribution in [0.2, 0.25) is 0 Å². The lowest BCUT2D eigenvalue weighted by molar-refractivity contribution is -0.124. The second-order valence-electron chi connectivity index (χ2n) is 4.94. The minimum absolute atomic E-state index is 0.219. The van der Waals surface area contributed by atoms with E-state index < -0.39 is 12.1 Å². The molecule has 5 heteroatoms. The van der Waals surface area contributed by atoms with Gasteiger partial charge in [0.1, 0.15) is 0 Å². The van der Waals surface area contributed by atoms with E-state index in [1.807, 2.05) is 37.3 Å². The molecule has 0 spiro atoms. The summed E-state index contributed by atoms with van der Waals surface area (Å²) in [7, 11) is 1.77. The minimum atomic E-state index is -0.659. The van der Waals surface area contributed by atoms with Crippen molar-refractivity contribution in [2.45, 2.75) is 38.0 Å². The molecule has 0 saturated carbocycles. The Morgan fingerprint density at radius 2 is 2.00 bits per heavy atom. The van der Waals surface area contributed by atoms with Gasteiger partial charge in [-0.15, -0.1) is 0 Å². The summed E-state index contributed by atoms with van der Waals surface area (Å²) in [4.78, 5) is 11.9. The highest BCUT2D eigenvalue weighted by molar-refractivity contribution is 5.81. The van der Waals surface area contributed by atoms with Gasteiger partial charge in [-0.25, -0.2) is 0 Å². The SMILES string of the molecule is CCC(N)C(=O)NC(Cc1ccccc1)C(O)CNC. The number of rotatable bonds is 8. The lowest BCUT2D eigenvalue weighted by Crippen LogP contribution is -2.52. The molecule has 112 valence electrons. The van der Waals surface area contributed by atoms with E-state index in [0.717, 1.165) is 5.56 Å². The molecule has 0 aliphatic heterocycles. The highest BCUT2D eigenvalue weighted by Gasteiger charge is 2.23. The van der Waals surface area contributed by atoms with E-state index in [-0.39, 0.29) is 11.9 Å². The first-order chi connectivity index (χ1) is 9.58.